The van der Waals surface area contributed by atoms with E-state index in [1.54, 1.807) is 32.7 Å². The minimum Gasteiger partial charge on any atom is -0.497 e. The highest BCUT2D eigenvalue weighted by Gasteiger charge is 2.11. The number of nitrogens with zero attached hydrogens (tertiary/aromatic N) is 1. The van der Waals surface area contributed by atoms with Crippen LogP contribution in [-0.2, 0) is 4.74 Å². The van der Waals surface area contributed by atoms with Gasteiger partial charge in [0.1, 0.15) is 17.0 Å². The Balaban J connectivity index is 2.31. The van der Waals surface area contributed by atoms with E-state index in [-0.39, 0.29) is 0 Å². The Morgan fingerprint density at radius 1 is 1.22 bits per heavy atom. The van der Waals surface area contributed by atoms with Gasteiger partial charge >= 0.3 is 0 Å². The molecule has 6 heteroatoms. The Morgan fingerprint density at radius 3 is 2.72 bits per heavy atom. The second-order valence-electron chi connectivity index (χ2n) is 3.61. The lowest BCUT2D eigenvalue weighted by Gasteiger charge is -2.03. The van der Waals surface area contributed by atoms with Crippen molar-refractivity contribution in [3.63, 3.8) is 0 Å². The van der Waals surface area contributed by atoms with E-state index in [1.165, 1.54) is 0 Å². The number of aromatic nitrogens is 1. The van der Waals surface area contributed by atoms with Crippen molar-refractivity contribution in [3.05, 3.63) is 12.1 Å². The average molecular weight is 268 g/mol. The molecule has 1 aromatic carbocycles. The van der Waals surface area contributed by atoms with Gasteiger partial charge in [-0.2, -0.15) is 0 Å². The topological polar surface area (TPSA) is 52.6 Å². The summed E-state index contributed by atoms with van der Waals surface area (Å²) in [4.78, 5) is 4.50. The van der Waals surface area contributed by atoms with E-state index in [9.17, 15) is 0 Å². The predicted octanol–water partition coefficient (Wildman–Crippen LogP) is 2.37. The maximum absolute atomic E-state index is 5.32. The summed E-state index contributed by atoms with van der Waals surface area (Å²) in [5.74, 6) is 1.49. The molecule has 0 saturated carbocycles. The third kappa shape index (κ3) is 2.65. The summed E-state index contributed by atoms with van der Waals surface area (Å²) in [6.45, 7) is 1.38. The van der Waals surface area contributed by atoms with Gasteiger partial charge in [-0.05, 0) is 6.07 Å². The molecule has 5 nitrogen and oxygen atoms in total. The molecule has 0 aliphatic carbocycles. The lowest BCUT2D eigenvalue weighted by molar-refractivity contribution is 0.211. The molecule has 98 valence electrons. The Kier molecular flexibility index (Phi) is 4.22. The molecule has 0 fully saturated rings. The maximum atomic E-state index is 5.32. The van der Waals surface area contributed by atoms with Gasteiger partial charge in [-0.15, -0.1) is 0 Å². The van der Waals surface area contributed by atoms with Gasteiger partial charge in [0, 0.05) is 19.7 Å². The van der Waals surface area contributed by atoms with Gasteiger partial charge < -0.3 is 19.5 Å². The number of hydrogen-bond acceptors (Lipinski definition) is 6. The largest absolute Gasteiger partial charge is 0.497 e. The first-order valence-electron chi connectivity index (χ1n) is 5.54. The van der Waals surface area contributed by atoms with E-state index in [4.69, 9.17) is 14.2 Å². The van der Waals surface area contributed by atoms with Crippen LogP contribution in [0.5, 0.6) is 11.5 Å². The number of thiazole rings is 1. The molecule has 0 unspecified atom stereocenters. The van der Waals surface area contributed by atoms with Gasteiger partial charge in [-0.1, -0.05) is 11.3 Å². The van der Waals surface area contributed by atoms with E-state index >= 15 is 0 Å². The molecule has 0 aliphatic heterocycles. The Hall–Kier alpha value is -1.53. The first-order valence-corrected chi connectivity index (χ1v) is 6.35. The number of rotatable bonds is 6. The zero-order valence-corrected chi connectivity index (χ0v) is 11.5. The van der Waals surface area contributed by atoms with Gasteiger partial charge in [0.25, 0.3) is 0 Å². The molecule has 0 bridgehead atoms. The number of fused-ring (bicyclic) bond motifs is 1. The van der Waals surface area contributed by atoms with Crippen molar-refractivity contribution in [2.24, 2.45) is 0 Å². The number of benzene rings is 1. The smallest absolute Gasteiger partial charge is 0.184 e. The molecule has 0 saturated heterocycles. The SMILES string of the molecule is COCCNc1nc2c(OC)cc(OC)cc2s1. The van der Waals surface area contributed by atoms with Crippen molar-refractivity contribution in [1.82, 2.24) is 4.98 Å². The predicted molar refractivity (Wildman–Crippen MR) is 73.1 cm³/mol. The van der Waals surface area contributed by atoms with E-state index in [2.05, 4.69) is 10.3 Å². The first kappa shape index (κ1) is 12.9. The highest BCUT2D eigenvalue weighted by Crippen LogP contribution is 2.36. The third-order valence-corrected chi connectivity index (χ3v) is 3.43. The van der Waals surface area contributed by atoms with E-state index in [0.717, 1.165) is 33.4 Å². The number of anilines is 1. The standard InChI is InChI=1S/C12H16N2O3S/c1-15-5-4-13-12-14-11-9(17-3)6-8(16-2)7-10(11)18-12/h6-7H,4-5H2,1-3H3,(H,13,14). The van der Waals surface area contributed by atoms with Gasteiger partial charge in [0.2, 0.25) is 0 Å². The van der Waals surface area contributed by atoms with Crippen molar-refractivity contribution >= 4 is 26.7 Å². The van der Waals surface area contributed by atoms with Crippen molar-refractivity contribution in [3.8, 4) is 11.5 Å². The molecule has 18 heavy (non-hydrogen) atoms. The molecule has 2 aromatic rings. The van der Waals surface area contributed by atoms with Crippen LogP contribution in [0.3, 0.4) is 0 Å². The fourth-order valence-electron chi connectivity index (χ4n) is 1.58. The lowest BCUT2D eigenvalue weighted by Crippen LogP contribution is -2.06. The molecule has 1 heterocycles. The second kappa shape index (κ2) is 5.88. The summed E-state index contributed by atoms with van der Waals surface area (Å²) in [6, 6.07) is 3.79. The van der Waals surface area contributed by atoms with Crippen LogP contribution in [0.2, 0.25) is 0 Å². The minimum atomic E-state index is 0.649. The second-order valence-corrected chi connectivity index (χ2v) is 4.65. The fraction of sp³-hybridized carbons (Fsp3) is 0.417. The van der Waals surface area contributed by atoms with E-state index in [1.807, 2.05) is 12.1 Å². The van der Waals surface area contributed by atoms with Crippen molar-refractivity contribution in [1.29, 1.82) is 0 Å². The van der Waals surface area contributed by atoms with Crippen LogP contribution >= 0.6 is 11.3 Å². The molecule has 0 aliphatic rings. The van der Waals surface area contributed by atoms with Gasteiger partial charge in [0.15, 0.2) is 5.13 Å². The fourth-order valence-corrected chi connectivity index (χ4v) is 2.52. The van der Waals surface area contributed by atoms with Crippen molar-refractivity contribution < 1.29 is 14.2 Å². The zero-order valence-electron chi connectivity index (χ0n) is 10.6. The van der Waals surface area contributed by atoms with Crippen LogP contribution in [0.25, 0.3) is 10.2 Å². The molecule has 0 amide bonds. The summed E-state index contributed by atoms with van der Waals surface area (Å²) >= 11 is 1.57. The Bertz CT molecular complexity index is 527. The third-order valence-electron chi connectivity index (χ3n) is 2.47. The number of nitrogens with one attached hydrogen (secondary N) is 1. The number of ether oxygens (including phenoxy) is 3. The monoisotopic (exact) mass is 268 g/mol. The van der Waals surface area contributed by atoms with Gasteiger partial charge in [-0.3, -0.25) is 0 Å². The lowest BCUT2D eigenvalue weighted by atomic mass is 10.3. The molecule has 2 rings (SSSR count). The number of methoxy groups -OCH3 is 3. The van der Waals surface area contributed by atoms with Crippen LogP contribution < -0.4 is 14.8 Å². The molecule has 0 radical (unpaired) electrons. The number of hydrogen-bond donors (Lipinski definition) is 1. The average Bonchev–Trinajstić information content (AvgIpc) is 2.80. The summed E-state index contributed by atoms with van der Waals surface area (Å²) in [7, 11) is 4.94. The quantitative estimate of drug-likeness (QED) is 0.815. The molecule has 0 atom stereocenters. The highest BCUT2D eigenvalue weighted by molar-refractivity contribution is 7.22. The van der Waals surface area contributed by atoms with E-state index in [0.29, 0.717) is 6.61 Å². The Labute approximate surface area is 110 Å². The van der Waals surface area contributed by atoms with Crippen molar-refractivity contribution in [2.75, 3.05) is 39.8 Å². The molecular weight excluding hydrogens is 252 g/mol. The summed E-state index contributed by atoms with van der Waals surface area (Å²) in [5, 5.41) is 4.07. The molecule has 0 spiro atoms. The Morgan fingerprint density at radius 2 is 2.06 bits per heavy atom. The van der Waals surface area contributed by atoms with Gasteiger partial charge in [-0.25, -0.2) is 4.98 Å². The van der Waals surface area contributed by atoms with Crippen LogP contribution in [0.1, 0.15) is 0 Å². The summed E-state index contributed by atoms with van der Waals surface area (Å²) < 4.78 is 16.6. The molecule has 1 aromatic heterocycles. The highest BCUT2D eigenvalue weighted by atomic mass is 32.1. The molecular formula is C12H16N2O3S. The van der Waals surface area contributed by atoms with Crippen LogP contribution in [-0.4, -0.2) is 39.5 Å². The minimum absolute atomic E-state index is 0.649. The van der Waals surface area contributed by atoms with Crippen molar-refractivity contribution in [2.45, 2.75) is 0 Å². The van der Waals surface area contributed by atoms with Crippen LogP contribution in [0.15, 0.2) is 12.1 Å². The van der Waals surface area contributed by atoms with Crippen LogP contribution in [0, 0.1) is 0 Å². The van der Waals surface area contributed by atoms with E-state index < -0.39 is 0 Å². The maximum Gasteiger partial charge on any atom is 0.184 e. The van der Waals surface area contributed by atoms with Gasteiger partial charge in [0.05, 0.1) is 25.5 Å². The molecule has 1 N–H and O–H groups in total. The van der Waals surface area contributed by atoms with Crippen LogP contribution in [0.4, 0.5) is 5.13 Å². The normalized spacial score (nSPS) is 10.6. The zero-order chi connectivity index (χ0) is 13.0. The summed E-state index contributed by atoms with van der Waals surface area (Å²) in [5.41, 5.74) is 0.850. The summed E-state index contributed by atoms with van der Waals surface area (Å²) in [6.07, 6.45) is 0. The first-order chi connectivity index (χ1) is 8.78.